The molecule has 1 saturated carbocycles. The number of carbonyl (C=O) groups excluding carboxylic acids is 1. The molecule has 1 aliphatic carbocycles. The Labute approximate surface area is 119 Å². The topological polar surface area (TPSA) is 49.3 Å². The van der Waals surface area contributed by atoms with Gasteiger partial charge in [-0.3, -0.25) is 4.79 Å². The van der Waals surface area contributed by atoms with Crippen LogP contribution in [0.3, 0.4) is 0 Å². The molecule has 2 rings (SSSR count). The van der Waals surface area contributed by atoms with E-state index in [2.05, 4.69) is 5.32 Å². The Morgan fingerprint density at radius 2 is 2.15 bits per heavy atom. The van der Waals surface area contributed by atoms with Crippen LogP contribution in [0.15, 0.2) is 24.3 Å². The Bertz CT molecular complexity index is 450. The van der Waals surface area contributed by atoms with Gasteiger partial charge in [0.1, 0.15) is 5.82 Å². The van der Waals surface area contributed by atoms with Gasteiger partial charge in [-0.2, -0.15) is 0 Å². The molecule has 2 atom stereocenters. The lowest BCUT2D eigenvalue weighted by Gasteiger charge is -2.27. The molecule has 1 aromatic carbocycles. The number of halogens is 1. The fraction of sp³-hybridized carbons (Fsp3) is 0.562. The number of aliphatic hydroxyl groups is 1. The van der Waals surface area contributed by atoms with Gasteiger partial charge in [-0.15, -0.1) is 0 Å². The van der Waals surface area contributed by atoms with Crippen molar-refractivity contribution in [2.45, 2.75) is 44.6 Å². The molecule has 0 aromatic heterocycles. The minimum absolute atomic E-state index is 0.0352. The molecule has 0 aliphatic heterocycles. The Morgan fingerprint density at radius 1 is 1.35 bits per heavy atom. The lowest BCUT2D eigenvalue weighted by molar-refractivity contribution is -0.121. The molecule has 2 N–H and O–H groups in total. The van der Waals surface area contributed by atoms with Gasteiger partial charge >= 0.3 is 0 Å². The highest BCUT2D eigenvalue weighted by Crippen LogP contribution is 2.23. The predicted octanol–water partition coefficient (Wildman–Crippen LogP) is 2.43. The van der Waals surface area contributed by atoms with Crippen molar-refractivity contribution in [2.75, 3.05) is 6.54 Å². The summed E-state index contributed by atoms with van der Waals surface area (Å²) in [5, 5.41) is 12.7. The molecular weight excluding hydrogens is 257 g/mol. The average molecular weight is 279 g/mol. The normalized spacial score (nSPS) is 22.5. The van der Waals surface area contributed by atoms with Gasteiger partial charge in [-0.25, -0.2) is 4.39 Å². The third-order valence-corrected chi connectivity index (χ3v) is 3.96. The fourth-order valence-corrected chi connectivity index (χ4v) is 2.71. The summed E-state index contributed by atoms with van der Waals surface area (Å²) in [4.78, 5) is 11.8. The maximum absolute atomic E-state index is 13.0. The molecule has 1 aromatic rings. The second-order valence-corrected chi connectivity index (χ2v) is 5.55. The molecule has 0 radical (unpaired) electrons. The zero-order valence-corrected chi connectivity index (χ0v) is 11.6. The highest BCUT2D eigenvalue weighted by molar-refractivity contribution is 5.76. The first-order chi connectivity index (χ1) is 9.65. The van der Waals surface area contributed by atoms with Crippen LogP contribution in [-0.4, -0.2) is 23.7 Å². The number of aryl methyl sites for hydroxylation is 1. The maximum atomic E-state index is 13.0. The van der Waals surface area contributed by atoms with Gasteiger partial charge in [-0.1, -0.05) is 25.0 Å². The summed E-state index contributed by atoms with van der Waals surface area (Å²) in [6.45, 7) is 0.545. The second kappa shape index (κ2) is 7.39. The van der Waals surface area contributed by atoms with Crippen LogP contribution in [0.25, 0.3) is 0 Å². The van der Waals surface area contributed by atoms with Gasteiger partial charge in [0.05, 0.1) is 6.10 Å². The molecule has 0 saturated heterocycles. The first-order valence-corrected chi connectivity index (χ1v) is 7.34. The Morgan fingerprint density at radius 3 is 2.90 bits per heavy atom. The molecule has 1 amide bonds. The van der Waals surface area contributed by atoms with E-state index in [4.69, 9.17) is 0 Å². The summed E-state index contributed by atoms with van der Waals surface area (Å²) in [5.74, 6) is -0.123. The fourth-order valence-electron chi connectivity index (χ4n) is 2.71. The number of hydrogen-bond donors (Lipinski definition) is 2. The van der Waals surface area contributed by atoms with Crippen LogP contribution in [0, 0.1) is 11.7 Å². The van der Waals surface area contributed by atoms with Gasteiger partial charge in [0.15, 0.2) is 0 Å². The number of hydrogen-bond acceptors (Lipinski definition) is 2. The van der Waals surface area contributed by atoms with Crippen LogP contribution in [0.4, 0.5) is 4.39 Å². The van der Waals surface area contributed by atoms with Crippen molar-refractivity contribution in [2.24, 2.45) is 5.92 Å². The summed E-state index contributed by atoms with van der Waals surface area (Å²) in [6.07, 6.45) is 4.62. The van der Waals surface area contributed by atoms with Crippen molar-refractivity contribution in [3.05, 3.63) is 35.6 Å². The van der Waals surface area contributed by atoms with E-state index in [1.165, 1.54) is 12.1 Å². The molecule has 4 heteroatoms. The average Bonchev–Trinajstić information content (AvgIpc) is 2.44. The lowest BCUT2D eigenvalue weighted by Crippen LogP contribution is -2.36. The number of amides is 1. The number of rotatable bonds is 5. The Kier molecular flexibility index (Phi) is 5.53. The Balaban J connectivity index is 1.70. The van der Waals surface area contributed by atoms with Crippen molar-refractivity contribution in [1.29, 1.82) is 0 Å². The number of carbonyl (C=O) groups is 1. The third kappa shape index (κ3) is 4.60. The smallest absolute Gasteiger partial charge is 0.220 e. The highest BCUT2D eigenvalue weighted by atomic mass is 19.1. The van der Waals surface area contributed by atoms with Crippen molar-refractivity contribution in [1.82, 2.24) is 5.32 Å². The van der Waals surface area contributed by atoms with Crippen molar-refractivity contribution in [3.63, 3.8) is 0 Å². The summed E-state index contributed by atoms with van der Waals surface area (Å²) in [5.41, 5.74) is 0.831. The molecule has 0 heterocycles. The van der Waals surface area contributed by atoms with E-state index in [-0.39, 0.29) is 23.7 Å². The number of aliphatic hydroxyl groups excluding tert-OH is 1. The first kappa shape index (κ1) is 15.0. The van der Waals surface area contributed by atoms with Gasteiger partial charge in [-0.05, 0) is 37.0 Å². The van der Waals surface area contributed by atoms with Crippen LogP contribution < -0.4 is 5.32 Å². The van der Waals surface area contributed by atoms with Gasteiger partial charge in [0, 0.05) is 18.9 Å². The summed E-state index contributed by atoms with van der Waals surface area (Å²) in [7, 11) is 0. The predicted molar refractivity (Wildman–Crippen MR) is 75.7 cm³/mol. The van der Waals surface area contributed by atoms with E-state index in [0.717, 1.165) is 31.2 Å². The molecule has 0 spiro atoms. The maximum Gasteiger partial charge on any atom is 0.220 e. The van der Waals surface area contributed by atoms with Gasteiger partial charge < -0.3 is 10.4 Å². The van der Waals surface area contributed by atoms with Crippen LogP contribution in [0.2, 0.25) is 0 Å². The molecular formula is C16H22FNO2. The van der Waals surface area contributed by atoms with Gasteiger partial charge in [0.2, 0.25) is 5.91 Å². The van der Waals surface area contributed by atoms with E-state index >= 15 is 0 Å². The summed E-state index contributed by atoms with van der Waals surface area (Å²) in [6, 6.07) is 6.33. The zero-order chi connectivity index (χ0) is 14.4. The van der Waals surface area contributed by atoms with E-state index < -0.39 is 0 Å². The van der Waals surface area contributed by atoms with E-state index in [1.54, 1.807) is 6.07 Å². The molecule has 1 fully saturated rings. The molecule has 20 heavy (non-hydrogen) atoms. The molecule has 2 unspecified atom stereocenters. The molecule has 110 valence electrons. The summed E-state index contributed by atoms with van der Waals surface area (Å²) >= 11 is 0. The Hall–Kier alpha value is -1.42. The standard InChI is InChI=1S/C16H22FNO2/c17-14-6-3-4-12(10-14)8-9-16(20)18-11-13-5-1-2-7-15(13)19/h3-4,6,10,13,15,19H,1-2,5,7-9,11H2,(H,18,20). The van der Waals surface area contributed by atoms with Gasteiger partial charge in [0.25, 0.3) is 0 Å². The highest BCUT2D eigenvalue weighted by Gasteiger charge is 2.23. The first-order valence-electron chi connectivity index (χ1n) is 7.34. The molecule has 0 bridgehead atoms. The van der Waals surface area contributed by atoms with E-state index in [9.17, 15) is 14.3 Å². The van der Waals surface area contributed by atoms with Crippen LogP contribution in [-0.2, 0) is 11.2 Å². The minimum atomic E-state index is -0.285. The lowest BCUT2D eigenvalue weighted by atomic mass is 9.86. The molecule has 1 aliphatic rings. The van der Waals surface area contributed by atoms with Crippen molar-refractivity contribution in [3.8, 4) is 0 Å². The van der Waals surface area contributed by atoms with E-state index in [1.807, 2.05) is 6.07 Å². The quantitative estimate of drug-likeness (QED) is 0.869. The summed E-state index contributed by atoms with van der Waals surface area (Å²) < 4.78 is 13.0. The van der Waals surface area contributed by atoms with Crippen LogP contribution >= 0.6 is 0 Å². The van der Waals surface area contributed by atoms with E-state index in [0.29, 0.717) is 19.4 Å². The number of nitrogens with one attached hydrogen (secondary N) is 1. The van der Waals surface area contributed by atoms with Crippen molar-refractivity contribution >= 4 is 5.91 Å². The van der Waals surface area contributed by atoms with Crippen LogP contribution in [0.5, 0.6) is 0 Å². The SMILES string of the molecule is O=C(CCc1cccc(F)c1)NCC1CCCCC1O. The largest absolute Gasteiger partial charge is 0.393 e. The van der Waals surface area contributed by atoms with Crippen LogP contribution in [0.1, 0.15) is 37.7 Å². The monoisotopic (exact) mass is 279 g/mol. The minimum Gasteiger partial charge on any atom is -0.393 e. The molecule has 3 nitrogen and oxygen atoms in total. The third-order valence-electron chi connectivity index (χ3n) is 3.96. The zero-order valence-electron chi connectivity index (χ0n) is 11.6. The second-order valence-electron chi connectivity index (χ2n) is 5.55. The van der Waals surface area contributed by atoms with Crippen molar-refractivity contribution < 1.29 is 14.3 Å². The number of benzene rings is 1.